The van der Waals surface area contributed by atoms with Crippen LogP contribution in [0.15, 0.2) is 0 Å². The third-order valence-electron chi connectivity index (χ3n) is 2.88. The Morgan fingerprint density at radius 3 is 2.60 bits per heavy atom. The summed E-state index contributed by atoms with van der Waals surface area (Å²) in [5.41, 5.74) is 0. The average Bonchev–Trinajstić information content (AvgIpc) is 3.01. The fourth-order valence-electron chi connectivity index (χ4n) is 1.56. The first-order chi connectivity index (χ1) is 7.10. The first kappa shape index (κ1) is 12.0. The molecule has 0 N–H and O–H groups in total. The number of nitriles is 1. The van der Waals surface area contributed by atoms with Crippen molar-refractivity contribution in [2.24, 2.45) is 0 Å². The largest absolute Gasteiger partial charge is 0.339 e. The maximum absolute atomic E-state index is 11.9. The van der Waals surface area contributed by atoms with E-state index < -0.39 is 0 Å². The van der Waals surface area contributed by atoms with E-state index in [1.165, 1.54) is 0 Å². The van der Waals surface area contributed by atoms with Crippen molar-refractivity contribution >= 4 is 5.91 Å². The van der Waals surface area contributed by atoms with E-state index in [9.17, 15) is 4.79 Å². The van der Waals surface area contributed by atoms with Crippen LogP contribution in [0.5, 0.6) is 0 Å². The third-order valence-corrected chi connectivity index (χ3v) is 2.88. The molecule has 1 fully saturated rings. The molecule has 1 amide bonds. The quantitative estimate of drug-likeness (QED) is 0.674. The lowest BCUT2D eigenvalue weighted by atomic mass is 10.3. The highest BCUT2D eigenvalue weighted by atomic mass is 16.2. The van der Waals surface area contributed by atoms with Gasteiger partial charge in [-0.3, -0.25) is 9.69 Å². The molecule has 0 aliphatic heterocycles. The van der Waals surface area contributed by atoms with Crippen molar-refractivity contribution in [2.75, 3.05) is 20.1 Å². The van der Waals surface area contributed by atoms with Gasteiger partial charge in [0, 0.05) is 12.6 Å². The van der Waals surface area contributed by atoms with Crippen LogP contribution >= 0.6 is 0 Å². The van der Waals surface area contributed by atoms with E-state index in [1.807, 2.05) is 18.9 Å². The maximum Gasteiger partial charge on any atom is 0.237 e. The van der Waals surface area contributed by atoms with Gasteiger partial charge in [0.05, 0.1) is 18.7 Å². The molecular formula is C11H19N3O. The number of hydrogen-bond donors (Lipinski definition) is 0. The summed E-state index contributed by atoms with van der Waals surface area (Å²) in [7, 11) is 1.81. The lowest BCUT2D eigenvalue weighted by Crippen LogP contribution is -2.42. The number of hydrogen-bond acceptors (Lipinski definition) is 3. The highest BCUT2D eigenvalue weighted by molar-refractivity contribution is 5.79. The summed E-state index contributed by atoms with van der Waals surface area (Å²) in [5, 5.41) is 8.72. The van der Waals surface area contributed by atoms with E-state index >= 15 is 0 Å². The molecule has 0 aromatic rings. The predicted octanol–water partition coefficient (Wildman–Crippen LogP) is 0.841. The molecule has 1 unspecified atom stereocenters. The fraction of sp³-hybridized carbons (Fsp3) is 0.818. The summed E-state index contributed by atoms with van der Waals surface area (Å²) in [6.45, 7) is 4.93. The van der Waals surface area contributed by atoms with Crippen LogP contribution < -0.4 is 0 Å². The zero-order valence-corrected chi connectivity index (χ0v) is 9.73. The zero-order valence-electron chi connectivity index (χ0n) is 9.73. The van der Waals surface area contributed by atoms with Crippen molar-refractivity contribution in [3.63, 3.8) is 0 Å². The Kier molecular flexibility index (Phi) is 4.10. The lowest BCUT2D eigenvalue weighted by molar-refractivity contribution is -0.132. The van der Waals surface area contributed by atoms with Gasteiger partial charge in [-0.1, -0.05) is 0 Å². The summed E-state index contributed by atoms with van der Waals surface area (Å²) in [4.78, 5) is 15.6. The Morgan fingerprint density at radius 1 is 1.60 bits per heavy atom. The maximum atomic E-state index is 11.9. The molecule has 0 aromatic carbocycles. The van der Waals surface area contributed by atoms with Crippen LogP contribution in [0.25, 0.3) is 0 Å². The van der Waals surface area contributed by atoms with Crippen molar-refractivity contribution < 1.29 is 4.79 Å². The van der Waals surface area contributed by atoms with Crippen molar-refractivity contribution in [3.05, 3.63) is 0 Å². The average molecular weight is 209 g/mol. The molecule has 15 heavy (non-hydrogen) atoms. The second-order valence-corrected chi connectivity index (χ2v) is 4.13. The molecule has 1 rings (SSSR count). The highest BCUT2D eigenvalue weighted by Gasteiger charge is 2.31. The minimum absolute atomic E-state index is 0.143. The van der Waals surface area contributed by atoms with Crippen LogP contribution in [-0.2, 0) is 4.79 Å². The van der Waals surface area contributed by atoms with Gasteiger partial charge in [0.25, 0.3) is 0 Å². The number of rotatable bonds is 5. The minimum atomic E-state index is -0.202. The van der Waals surface area contributed by atoms with Gasteiger partial charge in [0.1, 0.15) is 0 Å². The second-order valence-electron chi connectivity index (χ2n) is 4.13. The van der Waals surface area contributed by atoms with Gasteiger partial charge in [-0.05, 0) is 33.7 Å². The van der Waals surface area contributed by atoms with Crippen LogP contribution in [-0.4, -0.2) is 47.9 Å². The van der Waals surface area contributed by atoms with Crippen LogP contribution in [0, 0.1) is 11.3 Å². The first-order valence-electron chi connectivity index (χ1n) is 5.49. The van der Waals surface area contributed by atoms with Gasteiger partial charge >= 0.3 is 0 Å². The van der Waals surface area contributed by atoms with Crippen LogP contribution in [0.1, 0.15) is 26.7 Å². The summed E-state index contributed by atoms with van der Waals surface area (Å²) < 4.78 is 0. The molecule has 1 atom stereocenters. The number of carbonyl (C=O) groups excluding carboxylic acids is 1. The van der Waals surface area contributed by atoms with E-state index in [2.05, 4.69) is 6.07 Å². The Bertz CT molecular complexity index is 267. The molecule has 4 heteroatoms. The van der Waals surface area contributed by atoms with Crippen molar-refractivity contribution in [1.29, 1.82) is 5.26 Å². The second kappa shape index (κ2) is 5.13. The van der Waals surface area contributed by atoms with Crippen LogP contribution in [0.4, 0.5) is 0 Å². The summed E-state index contributed by atoms with van der Waals surface area (Å²) in [6, 6.07) is 2.39. The number of amides is 1. The smallest absolute Gasteiger partial charge is 0.237 e. The van der Waals surface area contributed by atoms with E-state index in [0.717, 1.165) is 19.4 Å². The standard InChI is InChI=1S/C11H19N3O/c1-4-14(10-5-6-10)11(15)8-13(3)9(2)7-12/h9-10H,4-6,8H2,1-3H3. The Hall–Kier alpha value is -1.08. The van der Waals surface area contributed by atoms with Crippen LogP contribution in [0.2, 0.25) is 0 Å². The molecular weight excluding hydrogens is 190 g/mol. The Balaban J connectivity index is 2.43. The number of nitrogens with zero attached hydrogens (tertiary/aromatic N) is 3. The van der Waals surface area contributed by atoms with Crippen LogP contribution in [0.3, 0.4) is 0 Å². The zero-order chi connectivity index (χ0) is 11.4. The normalized spacial score (nSPS) is 17.3. The van der Waals surface area contributed by atoms with Gasteiger partial charge < -0.3 is 4.90 Å². The molecule has 4 nitrogen and oxygen atoms in total. The van der Waals surface area contributed by atoms with Crippen molar-refractivity contribution in [3.8, 4) is 6.07 Å². The molecule has 84 valence electrons. The number of likely N-dealkylation sites (N-methyl/N-ethyl adjacent to an activating group) is 2. The minimum Gasteiger partial charge on any atom is -0.339 e. The third kappa shape index (κ3) is 3.21. The molecule has 0 heterocycles. The molecule has 0 bridgehead atoms. The van der Waals surface area contributed by atoms with E-state index in [1.54, 1.807) is 11.8 Å². The monoisotopic (exact) mass is 209 g/mol. The fourth-order valence-corrected chi connectivity index (χ4v) is 1.56. The summed E-state index contributed by atoms with van der Waals surface area (Å²) >= 11 is 0. The van der Waals surface area contributed by atoms with Crippen molar-refractivity contribution in [1.82, 2.24) is 9.80 Å². The van der Waals surface area contributed by atoms with Gasteiger partial charge in [-0.15, -0.1) is 0 Å². The predicted molar refractivity (Wildman–Crippen MR) is 58.1 cm³/mol. The topological polar surface area (TPSA) is 47.3 Å². The molecule has 1 aliphatic carbocycles. The molecule has 0 radical (unpaired) electrons. The Morgan fingerprint density at radius 2 is 2.20 bits per heavy atom. The van der Waals surface area contributed by atoms with E-state index in [0.29, 0.717) is 12.6 Å². The first-order valence-corrected chi connectivity index (χ1v) is 5.49. The van der Waals surface area contributed by atoms with Gasteiger partial charge in [-0.25, -0.2) is 0 Å². The van der Waals surface area contributed by atoms with Crippen molar-refractivity contribution in [2.45, 2.75) is 38.8 Å². The highest BCUT2D eigenvalue weighted by Crippen LogP contribution is 2.26. The molecule has 1 aliphatic rings. The lowest BCUT2D eigenvalue weighted by Gasteiger charge is -2.25. The molecule has 1 saturated carbocycles. The Labute approximate surface area is 91.5 Å². The number of carbonyl (C=O) groups is 1. The summed E-state index contributed by atoms with van der Waals surface area (Å²) in [6.07, 6.45) is 2.27. The molecule has 0 saturated heterocycles. The van der Waals surface area contributed by atoms with Gasteiger partial charge in [0.15, 0.2) is 0 Å². The summed E-state index contributed by atoms with van der Waals surface area (Å²) in [5.74, 6) is 0.143. The van der Waals surface area contributed by atoms with Gasteiger partial charge in [0.2, 0.25) is 5.91 Å². The van der Waals surface area contributed by atoms with E-state index in [4.69, 9.17) is 5.26 Å². The SMILES string of the molecule is CCN(C(=O)CN(C)C(C)C#N)C1CC1. The van der Waals surface area contributed by atoms with Gasteiger partial charge in [-0.2, -0.15) is 5.26 Å². The van der Waals surface area contributed by atoms with E-state index in [-0.39, 0.29) is 11.9 Å². The molecule has 0 spiro atoms. The molecule has 0 aromatic heterocycles.